The molecule has 0 spiro atoms. The van der Waals surface area contributed by atoms with Crippen LogP contribution in [0.2, 0.25) is 0 Å². The van der Waals surface area contributed by atoms with Crippen molar-refractivity contribution in [2.75, 3.05) is 11.9 Å². The molecule has 0 radical (unpaired) electrons. The molecule has 0 saturated heterocycles. The molecule has 1 aromatic carbocycles. The number of hydrogen-bond acceptors (Lipinski definition) is 2. The van der Waals surface area contributed by atoms with Crippen LogP contribution < -0.4 is 16.4 Å². The molecule has 0 aliphatic rings. The molecule has 17 heavy (non-hydrogen) atoms. The fourth-order valence-electron chi connectivity index (χ4n) is 1.59. The third-order valence-electron chi connectivity index (χ3n) is 2.57. The lowest BCUT2D eigenvalue weighted by Crippen LogP contribution is -2.42. The molecule has 4 nitrogen and oxygen atoms in total. The first-order valence-corrected chi connectivity index (χ1v) is 6.00. The van der Waals surface area contributed by atoms with Crippen molar-refractivity contribution in [3.63, 3.8) is 0 Å². The Morgan fingerprint density at radius 3 is 2.53 bits per heavy atom. The molecule has 0 aliphatic carbocycles. The molecule has 0 fully saturated rings. The number of carbonyl (C=O) groups excluding carboxylic acids is 1. The van der Waals surface area contributed by atoms with Crippen LogP contribution in [0.1, 0.15) is 25.3 Å². The van der Waals surface area contributed by atoms with E-state index in [9.17, 15) is 4.79 Å². The molecule has 94 valence electrons. The normalized spacial score (nSPS) is 11.9. The van der Waals surface area contributed by atoms with E-state index < -0.39 is 0 Å². The van der Waals surface area contributed by atoms with E-state index in [0.29, 0.717) is 6.54 Å². The Morgan fingerprint density at radius 2 is 2.00 bits per heavy atom. The maximum atomic E-state index is 11.7. The number of benzene rings is 1. The van der Waals surface area contributed by atoms with Crippen LogP contribution in [0.3, 0.4) is 0 Å². The van der Waals surface area contributed by atoms with Gasteiger partial charge in [-0.1, -0.05) is 31.0 Å². The number of amides is 2. The Labute approximate surface area is 103 Å². The average Bonchev–Trinajstić information content (AvgIpc) is 2.31. The van der Waals surface area contributed by atoms with Gasteiger partial charge in [-0.05, 0) is 25.5 Å². The largest absolute Gasteiger partial charge is 0.334 e. The summed E-state index contributed by atoms with van der Waals surface area (Å²) in [4.78, 5) is 11.7. The predicted octanol–water partition coefficient (Wildman–Crippen LogP) is 2.24. The van der Waals surface area contributed by atoms with Crippen molar-refractivity contribution in [1.82, 2.24) is 5.32 Å². The van der Waals surface area contributed by atoms with E-state index in [-0.39, 0.29) is 12.1 Å². The summed E-state index contributed by atoms with van der Waals surface area (Å²) in [5, 5.41) is 5.64. The van der Waals surface area contributed by atoms with Crippen LogP contribution in [0.25, 0.3) is 0 Å². The first-order valence-electron chi connectivity index (χ1n) is 6.00. The molecule has 0 aliphatic heterocycles. The standard InChI is InChI=1S/C13H21N3O/c1-3-4-12(9-14)16-13(17)15-11-7-5-10(2)6-8-11/h5-8,12H,3-4,9,14H2,1-2H3,(H2,15,16,17). The maximum absolute atomic E-state index is 11.7. The van der Waals surface area contributed by atoms with Crippen LogP contribution in [0.4, 0.5) is 10.5 Å². The minimum Gasteiger partial charge on any atom is -0.334 e. The highest BCUT2D eigenvalue weighted by Crippen LogP contribution is 2.08. The summed E-state index contributed by atoms with van der Waals surface area (Å²) < 4.78 is 0. The van der Waals surface area contributed by atoms with Gasteiger partial charge >= 0.3 is 6.03 Å². The predicted molar refractivity (Wildman–Crippen MR) is 71.1 cm³/mol. The van der Waals surface area contributed by atoms with Crippen LogP contribution in [-0.2, 0) is 0 Å². The summed E-state index contributed by atoms with van der Waals surface area (Å²) in [7, 11) is 0. The zero-order valence-electron chi connectivity index (χ0n) is 10.5. The van der Waals surface area contributed by atoms with Gasteiger partial charge in [0.1, 0.15) is 0 Å². The van der Waals surface area contributed by atoms with Crippen molar-refractivity contribution < 1.29 is 4.79 Å². The van der Waals surface area contributed by atoms with Crippen molar-refractivity contribution >= 4 is 11.7 Å². The fourth-order valence-corrected chi connectivity index (χ4v) is 1.59. The third-order valence-corrected chi connectivity index (χ3v) is 2.57. The van der Waals surface area contributed by atoms with Crippen LogP contribution in [0, 0.1) is 6.92 Å². The number of urea groups is 1. The Balaban J connectivity index is 2.46. The Kier molecular flexibility index (Phi) is 5.49. The number of anilines is 1. The van der Waals surface area contributed by atoms with Crippen LogP contribution in [0.15, 0.2) is 24.3 Å². The average molecular weight is 235 g/mol. The lowest BCUT2D eigenvalue weighted by atomic mass is 10.2. The van der Waals surface area contributed by atoms with E-state index in [2.05, 4.69) is 17.6 Å². The van der Waals surface area contributed by atoms with Gasteiger partial charge in [-0.15, -0.1) is 0 Å². The van der Waals surface area contributed by atoms with Gasteiger partial charge in [0.2, 0.25) is 0 Å². The van der Waals surface area contributed by atoms with E-state index in [1.54, 1.807) is 0 Å². The summed E-state index contributed by atoms with van der Waals surface area (Å²) in [6.45, 7) is 4.55. The molecular weight excluding hydrogens is 214 g/mol. The van der Waals surface area contributed by atoms with Crippen molar-refractivity contribution in [2.45, 2.75) is 32.7 Å². The number of carbonyl (C=O) groups is 1. The number of aryl methyl sites for hydroxylation is 1. The molecular formula is C13H21N3O. The highest BCUT2D eigenvalue weighted by atomic mass is 16.2. The summed E-state index contributed by atoms with van der Waals surface area (Å²) in [6, 6.07) is 7.53. The highest BCUT2D eigenvalue weighted by molar-refractivity contribution is 5.89. The van der Waals surface area contributed by atoms with E-state index in [0.717, 1.165) is 18.5 Å². The summed E-state index contributed by atoms with van der Waals surface area (Å²) in [6.07, 6.45) is 1.91. The molecule has 4 N–H and O–H groups in total. The quantitative estimate of drug-likeness (QED) is 0.732. The fraction of sp³-hybridized carbons (Fsp3) is 0.462. The number of hydrogen-bond donors (Lipinski definition) is 3. The monoisotopic (exact) mass is 235 g/mol. The first kappa shape index (κ1) is 13.5. The molecule has 0 saturated carbocycles. The second-order valence-corrected chi connectivity index (χ2v) is 4.19. The molecule has 1 unspecified atom stereocenters. The maximum Gasteiger partial charge on any atom is 0.319 e. The number of nitrogens with two attached hydrogens (primary N) is 1. The lowest BCUT2D eigenvalue weighted by molar-refractivity contribution is 0.248. The van der Waals surface area contributed by atoms with Gasteiger partial charge in [-0.3, -0.25) is 0 Å². The van der Waals surface area contributed by atoms with E-state index in [4.69, 9.17) is 5.73 Å². The number of rotatable bonds is 5. The van der Waals surface area contributed by atoms with Crippen molar-refractivity contribution in [1.29, 1.82) is 0 Å². The SMILES string of the molecule is CCCC(CN)NC(=O)Nc1ccc(C)cc1. The zero-order valence-corrected chi connectivity index (χ0v) is 10.5. The van der Waals surface area contributed by atoms with E-state index in [1.165, 1.54) is 5.56 Å². The van der Waals surface area contributed by atoms with Gasteiger partial charge in [-0.25, -0.2) is 4.79 Å². The molecule has 4 heteroatoms. The smallest absolute Gasteiger partial charge is 0.319 e. The first-order chi connectivity index (χ1) is 8.15. The van der Waals surface area contributed by atoms with E-state index in [1.807, 2.05) is 31.2 Å². The van der Waals surface area contributed by atoms with Gasteiger partial charge in [0.15, 0.2) is 0 Å². The Morgan fingerprint density at radius 1 is 1.35 bits per heavy atom. The van der Waals surface area contributed by atoms with Crippen molar-refractivity contribution in [2.24, 2.45) is 5.73 Å². The summed E-state index contributed by atoms with van der Waals surface area (Å²) in [5.41, 5.74) is 7.54. The third kappa shape index (κ3) is 4.87. The summed E-state index contributed by atoms with van der Waals surface area (Å²) in [5.74, 6) is 0. The lowest BCUT2D eigenvalue weighted by Gasteiger charge is -2.16. The molecule has 2 amide bonds. The molecule has 1 aromatic rings. The molecule has 0 heterocycles. The molecule has 1 atom stereocenters. The second-order valence-electron chi connectivity index (χ2n) is 4.19. The van der Waals surface area contributed by atoms with Crippen LogP contribution in [-0.4, -0.2) is 18.6 Å². The van der Waals surface area contributed by atoms with Gasteiger partial charge < -0.3 is 16.4 Å². The van der Waals surface area contributed by atoms with Gasteiger partial charge in [0.05, 0.1) is 0 Å². The Hall–Kier alpha value is -1.55. The molecule has 0 bridgehead atoms. The number of nitrogens with one attached hydrogen (secondary N) is 2. The van der Waals surface area contributed by atoms with E-state index >= 15 is 0 Å². The topological polar surface area (TPSA) is 67.1 Å². The second kappa shape index (κ2) is 6.91. The van der Waals surface area contributed by atoms with Gasteiger partial charge in [0.25, 0.3) is 0 Å². The zero-order chi connectivity index (χ0) is 12.7. The highest BCUT2D eigenvalue weighted by Gasteiger charge is 2.09. The Bertz CT molecular complexity index is 348. The van der Waals surface area contributed by atoms with Gasteiger partial charge in [-0.2, -0.15) is 0 Å². The summed E-state index contributed by atoms with van der Waals surface area (Å²) >= 11 is 0. The van der Waals surface area contributed by atoms with Gasteiger partial charge in [0, 0.05) is 18.3 Å². The molecule has 1 rings (SSSR count). The minimum atomic E-state index is -0.197. The van der Waals surface area contributed by atoms with Crippen molar-refractivity contribution in [3.05, 3.63) is 29.8 Å². The van der Waals surface area contributed by atoms with Crippen molar-refractivity contribution in [3.8, 4) is 0 Å². The van der Waals surface area contributed by atoms with Crippen LogP contribution in [0.5, 0.6) is 0 Å². The molecule has 0 aromatic heterocycles. The van der Waals surface area contributed by atoms with Crippen LogP contribution >= 0.6 is 0 Å². The minimum absolute atomic E-state index is 0.0467.